The SMILES string of the molecule is Cc1ccc(S(=O)(=O)N2CCC[C@H]2C(=O)O[C@H](C)C(=O)NC(N)=O)cc1. The second-order valence-electron chi connectivity index (χ2n) is 6.02. The fourth-order valence-electron chi connectivity index (χ4n) is 2.64. The number of carbonyl (C=O) groups is 3. The van der Waals surface area contributed by atoms with Crippen LogP contribution in [0, 0.1) is 6.92 Å². The Labute approximate surface area is 151 Å². The first-order chi connectivity index (χ1) is 12.1. The number of benzene rings is 1. The molecule has 1 fully saturated rings. The van der Waals surface area contributed by atoms with Crippen molar-refractivity contribution < 1.29 is 27.5 Å². The van der Waals surface area contributed by atoms with Gasteiger partial charge in [0, 0.05) is 6.54 Å². The minimum absolute atomic E-state index is 0.0855. The summed E-state index contributed by atoms with van der Waals surface area (Å²) >= 11 is 0. The zero-order chi connectivity index (χ0) is 19.5. The number of esters is 1. The van der Waals surface area contributed by atoms with Crippen LogP contribution in [0.15, 0.2) is 29.2 Å². The maximum Gasteiger partial charge on any atom is 0.325 e. The van der Waals surface area contributed by atoms with Gasteiger partial charge in [-0.25, -0.2) is 13.2 Å². The number of sulfonamides is 1. The molecule has 1 aliphatic rings. The fraction of sp³-hybridized carbons (Fsp3) is 0.438. The van der Waals surface area contributed by atoms with Gasteiger partial charge in [-0.15, -0.1) is 0 Å². The highest BCUT2D eigenvalue weighted by atomic mass is 32.2. The van der Waals surface area contributed by atoms with Gasteiger partial charge in [-0.05, 0) is 38.8 Å². The van der Waals surface area contributed by atoms with E-state index in [4.69, 9.17) is 10.5 Å². The maximum absolute atomic E-state index is 12.8. The highest BCUT2D eigenvalue weighted by molar-refractivity contribution is 7.89. The van der Waals surface area contributed by atoms with E-state index in [0.717, 1.165) is 9.87 Å². The second-order valence-corrected chi connectivity index (χ2v) is 7.91. The number of urea groups is 1. The summed E-state index contributed by atoms with van der Waals surface area (Å²) in [6.07, 6.45) is -0.500. The predicted octanol–water partition coefficient (Wildman–Crippen LogP) is 0.275. The van der Waals surface area contributed by atoms with Crippen LogP contribution in [0.25, 0.3) is 0 Å². The third-order valence-electron chi connectivity index (χ3n) is 4.01. The van der Waals surface area contributed by atoms with Gasteiger partial charge >= 0.3 is 12.0 Å². The van der Waals surface area contributed by atoms with Crippen molar-refractivity contribution in [3.63, 3.8) is 0 Å². The number of rotatable bonds is 5. The van der Waals surface area contributed by atoms with Crippen molar-refractivity contribution in [1.82, 2.24) is 9.62 Å². The van der Waals surface area contributed by atoms with Crippen molar-refractivity contribution in [1.29, 1.82) is 0 Å². The molecular weight excluding hydrogens is 362 g/mol. The molecule has 1 aliphatic heterocycles. The number of nitrogens with zero attached hydrogens (tertiary/aromatic N) is 1. The number of aryl methyl sites for hydroxylation is 1. The van der Waals surface area contributed by atoms with E-state index in [1.54, 1.807) is 17.4 Å². The third-order valence-corrected chi connectivity index (χ3v) is 5.93. The average Bonchev–Trinajstić information content (AvgIpc) is 3.05. The van der Waals surface area contributed by atoms with Gasteiger partial charge in [0.1, 0.15) is 6.04 Å². The summed E-state index contributed by atoms with van der Waals surface area (Å²) < 4.78 is 31.7. The van der Waals surface area contributed by atoms with Gasteiger partial charge in [0.05, 0.1) is 4.90 Å². The van der Waals surface area contributed by atoms with Crippen LogP contribution in [0.2, 0.25) is 0 Å². The molecule has 3 amide bonds. The van der Waals surface area contributed by atoms with Gasteiger partial charge in [-0.1, -0.05) is 17.7 Å². The number of amides is 3. The highest BCUT2D eigenvalue weighted by Crippen LogP contribution is 2.27. The number of carbonyl (C=O) groups excluding carboxylic acids is 3. The van der Waals surface area contributed by atoms with Crippen molar-refractivity contribution in [3.8, 4) is 0 Å². The van der Waals surface area contributed by atoms with Gasteiger partial charge in [-0.2, -0.15) is 4.31 Å². The van der Waals surface area contributed by atoms with Crippen LogP contribution in [0.1, 0.15) is 25.3 Å². The van der Waals surface area contributed by atoms with Crippen molar-refractivity contribution in [2.75, 3.05) is 6.54 Å². The van der Waals surface area contributed by atoms with Crippen molar-refractivity contribution in [3.05, 3.63) is 29.8 Å². The van der Waals surface area contributed by atoms with Gasteiger partial charge in [-0.3, -0.25) is 14.9 Å². The van der Waals surface area contributed by atoms with Crippen LogP contribution in [0.3, 0.4) is 0 Å². The van der Waals surface area contributed by atoms with Crippen LogP contribution in [0.5, 0.6) is 0 Å². The summed E-state index contributed by atoms with van der Waals surface area (Å²) in [7, 11) is -3.87. The molecule has 0 saturated carbocycles. The Hall–Kier alpha value is -2.46. The maximum atomic E-state index is 12.8. The summed E-state index contributed by atoms with van der Waals surface area (Å²) in [5.74, 6) is -1.72. The molecule has 142 valence electrons. The lowest BCUT2D eigenvalue weighted by molar-refractivity contribution is -0.157. The first-order valence-electron chi connectivity index (χ1n) is 8.02. The van der Waals surface area contributed by atoms with E-state index < -0.39 is 40.1 Å². The Morgan fingerprint density at radius 2 is 1.88 bits per heavy atom. The molecule has 1 heterocycles. The molecule has 3 N–H and O–H groups in total. The van der Waals surface area contributed by atoms with E-state index in [0.29, 0.717) is 6.42 Å². The first-order valence-corrected chi connectivity index (χ1v) is 9.46. The van der Waals surface area contributed by atoms with E-state index in [9.17, 15) is 22.8 Å². The molecule has 0 unspecified atom stereocenters. The van der Waals surface area contributed by atoms with Crippen LogP contribution < -0.4 is 11.1 Å². The number of hydrogen-bond donors (Lipinski definition) is 2. The molecule has 9 nitrogen and oxygen atoms in total. The fourth-order valence-corrected chi connectivity index (χ4v) is 4.29. The second kappa shape index (κ2) is 7.83. The molecule has 0 aromatic heterocycles. The Kier molecular flexibility index (Phi) is 5.98. The quantitative estimate of drug-likeness (QED) is 0.701. The normalized spacial score (nSPS) is 18.9. The summed E-state index contributed by atoms with van der Waals surface area (Å²) in [6, 6.07) is 4.22. The molecule has 26 heavy (non-hydrogen) atoms. The molecule has 0 radical (unpaired) electrons. The summed E-state index contributed by atoms with van der Waals surface area (Å²) in [5.41, 5.74) is 5.75. The van der Waals surface area contributed by atoms with Crippen LogP contribution in [0.4, 0.5) is 4.79 Å². The van der Waals surface area contributed by atoms with Crippen molar-refractivity contribution >= 4 is 27.9 Å². The molecule has 10 heteroatoms. The lowest BCUT2D eigenvalue weighted by Crippen LogP contribution is -2.46. The van der Waals surface area contributed by atoms with Crippen LogP contribution in [-0.4, -0.2) is 49.3 Å². The first kappa shape index (κ1) is 19.9. The number of nitrogens with two attached hydrogens (primary N) is 1. The summed E-state index contributed by atoms with van der Waals surface area (Å²) in [5, 5.41) is 1.80. The minimum Gasteiger partial charge on any atom is -0.451 e. The number of hydrogen-bond acceptors (Lipinski definition) is 6. The highest BCUT2D eigenvalue weighted by Gasteiger charge is 2.41. The molecule has 2 atom stereocenters. The molecule has 1 aromatic rings. The topological polar surface area (TPSA) is 136 Å². The lowest BCUT2D eigenvalue weighted by Gasteiger charge is -2.24. The largest absolute Gasteiger partial charge is 0.451 e. The average molecular weight is 383 g/mol. The van der Waals surface area contributed by atoms with Gasteiger partial charge in [0.15, 0.2) is 6.10 Å². The Morgan fingerprint density at radius 1 is 1.27 bits per heavy atom. The van der Waals surface area contributed by atoms with Crippen LogP contribution in [-0.2, 0) is 24.3 Å². The van der Waals surface area contributed by atoms with E-state index in [1.807, 2.05) is 6.92 Å². The monoisotopic (exact) mass is 383 g/mol. The number of ether oxygens (including phenoxy) is 1. The molecular formula is C16H21N3O6S. The third kappa shape index (κ3) is 4.38. The Morgan fingerprint density at radius 3 is 2.46 bits per heavy atom. The van der Waals surface area contributed by atoms with E-state index in [-0.39, 0.29) is 17.9 Å². The van der Waals surface area contributed by atoms with Gasteiger partial charge < -0.3 is 10.5 Å². The predicted molar refractivity (Wildman–Crippen MR) is 91.4 cm³/mol. The molecule has 1 saturated heterocycles. The Balaban J connectivity index is 2.14. The van der Waals surface area contributed by atoms with E-state index in [1.165, 1.54) is 19.1 Å². The van der Waals surface area contributed by atoms with Crippen molar-refractivity contribution in [2.45, 2.75) is 43.7 Å². The van der Waals surface area contributed by atoms with E-state index >= 15 is 0 Å². The van der Waals surface area contributed by atoms with Crippen LogP contribution >= 0.6 is 0 Å². The summed E-state index contributed by atoms with van der Waals surface area (Å²) in [4.78, 5) is 34.7. The Bertz CT molecular complexity index is 806. The molecule has 0 bridgehead atoms. The zero-order valence-corrected chi connectivity index (χ0v) is 15.3. The molecule has 1 aromatic carbocycles. The smallest absolute Gasteiger partial charge is 0.325 e. The lowest BCUT2D eigenvalue weighted by atomic mass is 10.2. The molecule has 0 spiro atoms. The number of primary amides is 1. The number of nitrogens with one attached hydrogen (secondary N) is 1. The zero-order valence-electron chi connectivity index (χ0n) is 14.5. The van der Waals surface area contributed by atoms with E-state index in [2.05, 4.69) is 0 Å². The summed E-state index contributed by atoms with van der Waals surface area (Å²) in [6.45, 7) is 3.28. The van der Waals surface area contributed by atoms with Gasteiger partial charge in [0.2, 0.25) is 10.0 Å². The molecule has 0 aliphatic carbocycles. The molecule has 2 rings (SSSR count). The van der Waals surface area contributed by atoms with Gasteiger partial charge in [0.25, 0.3) is 5.91 Å². The van der Waals surface area contributed by atoms with Crippen molar-refractivity contribution in [2.24, 2.45) is 5.73 Å². The number of imide groups is 1. The standard InChI is InChI=1S/C16H21N3O6S/c1-10-5-7-12(8-6-10)26(23,24)19-9-3-4-13(19)15(21)25-11(2)14(20)18-16(17)22/h5-8,11,13H,3-4,9H2,1-2H3,(H3,17,18,20,22)/t11-,13+/m1/s1. The minimum atomic E-state index is -3.87.